The molecule has 0 spiro atoms. The molecule has 10 heteroatoms. The monoisotopic (exact) mass is 277 g/mol. The summed E-state index contributed by atoms with van der Waals surface area (Å²) in [5.74, 6) is 0. The molecule has 1 atom stereocenters. The van der Waals surface area contributed by atoms with Crippen molar-refractivity contribution in [2.45, 2.75) is 12.2 Å². The zero-order valence-electron chi connectivity index (χ0n) is 8.88. The molecule has 0 aromatic carbocycles. The van der Waals surface area contributed by atoms with Crippen molar-refractivity contribution in [2.75, 3.05) is 32.8 Å². The molecule has 0 aromatic rings. The largest absolute Gasteiger partial charge is 0.402 e. The fourth-order valence-electron chi connectivity index (χ4n) is 1.19. The summed E-state index contributed by atoms with van der Waals surface area (Å²) in [5.41, 5.74) is 0. The zero-order valence-corrected chi connectivity index (χ0v) is 9.70. The Kier molecular flexibility index (Phi) is 5.13. The van der Waals surface area contributed by atoms with Gasteiger partial charge in [0.25, 0.3) is 10.2 Å². The van der Waals surface area contributed by atoms with E-state index in [1.807, 2.05) is 4.72 Å². The Morgan fingerprint density at radius 2 is 2.06 bits per heavy atom. The van der Waals surface area contributed by atoms with Crippen molar-refractivity contribution in [1.82, 2.24) is 14.8 Å². The molecule has 102 valence electrons. The summed E-state index contributed by atoms with van der Waals surface area (Å²) < 4.78 is 66.1. The van der Waals surface area contributed by atoms with Crippen LogP contribution in [0.1, 0.15) is 0 Å². The lowest BCUT2D eigenvalue weighted by atomic mass is 10.3. The highest BCUT2D eigenvalue weighted by Crippen LogP contribution is 2.12. The first kappa shape index (κ1) is 14.6. The average Bonchev–Trinajstić information content (AvgIpc) is 2.25. The predicted molar refractivity (Wildman–Crippen MR) is 53.6 cm³/mol. The van der Waals surface area contributed by atoms with Gasteiger partial charge in [0.2, 0.25) is 0 Å². The zero-order chi connectivity index (χ0) is 12.9. The van der Waals surface area contributed by atoms with Crippen LogP contribution in [-0.2, 0) is 14.9 Å². The Morgan fingerprint density at radius 1 is 1.35 bits per heavy atom. The molecule has 0 saturated carbocycles. The molecule has 0 aliphatic carbocycles. The molecular weight excluding hydrogens is 263 g/mol. The highest BCUT2D eigenvalue weighted by Gasteiger charge is 2.29. The van der Waals surface area contributed by atoms with Crippen molar-refractivity contribution in [3.8, 4) is 0 Å². The second-order valence-electron chi connectivity index (χ2n) is 3.51. The molecule has 3 N–H and O–H groups in total. The standard InChI is InChI=1S/C7H14F3N3O3S/c8-7(9,10)5-13-17(14,15)12-3-6-4-16-2-1-11-6/h6,11-13H,1-5H2. The third kappa shape index (κ3) is 6.78. The lowest BCUT2D eigenvalue weighted by Gasteiger charge is -2.23. The van der Waals surface area contributed by atoms with E-state index in [9.17, 15) is 21.6 Å². The highest BCUT2D eigenvalue weighted by molar-refractivity contribution is 7.87. The second-order valence-corrected chi connectivity index (χ2v) is 5.10. The molecule has 1 unspecified atom stereocenters. The minimum absolute atomic E-state index is 0.0206. The van der Waals surface area contributed by atoms with Gasteiger partial charge in [0.05, 0.1) is 13.2 Å². The van der Waals surface area contributed by atoms with Gasteiger partial charge in [-0.25, -0.2) is 4.72 Å². The fraction of sp³-hybridized carbons (Fsp3) is 1.00. The number of rotatable bonds is 5. The van der Waals surface area contributed by atoms with E-state index in [1.165, 1.54) is 4.72 Å². The van der Waals surface area contributed by atoms with Crippen LogP contribution in [-0.4, -0.2) is 53.5 Å². The van der Waals surface area contributed by atoms with Crippen LogP contribution in [0, 0.1) is 0 Å². The van der Waals surface area contributed by atoms with Crippen LogP contribution in [0.4, 0.5) is 13.2 Å². The molecule has 6 nitrogen and oxygen atoms in total. The van der Waals surface area contributed by atoms with E-state index in [2.05, 4.69) is 5.32 Å². The summed E-state index contributed by atoms with van der Waals surface area (Å²) >= 11 is 0. The first-order valence-corrected chi connectivity index (χ1v) is 6.39. The van der Waals surface area contributed by atoms with E-state index in [4.69, 9.17) is 4.74 Å². The summed E-state index contributed by atoms with van der Waals surface area (Å²) in [6.45, 7) is -0.163. The van der Waals surface area contributed by atoms with Crippen LogP contribution in [0.2, 0.25) is 0 Å². The van der Waals surface area contributed by atoms with Gasteiger partial charge in [0.15, 0.2) is 0 Å². The van der Waals surface area contributed by atoms with E-state index in [0.717, 1.165) is 0 Å². The topological polar surface area (TPSA) is 79.5 Å². The van der Waals surface area contributed by atoms with Crippen LogP contribution in [0.5, 0.6) is 0 Å². The fourth-order valence-corrected chi connectivity index (χ4v) is 2.07. The van der Waals surface area contributed by atoms with Gasteiger partial charge in [0, 0.05) is 19.1 Å². The van der Waals surface area contributed by atoms with Gasteiger partial charge in [0.1, 0.15) is 6.54 Å². The quantitative estimate of drug-likeness (QED) is 0.600. The van der Waals surface area contributed by atoms with Crippen LogP contribution in [0.3, 0.4) is 0 Å². The van der Waals surface area contributed by atoms with E-state index in [0.29, 0.717) is 19.8 Å². The van der Waals surface area contributed by atoms with E-state index in [1.54, 1.807) is 0 Å². The van der Waals surface area contributed by atoms with Gasteiger partial charge in [-0.3, -0.25) is 0 Å². The van der Waals surface area contributed by atoms with Crippen molar-refractivity contribution in [2.24, 2.45) is 0 Å². The Hall–Kier alpha value is -0.420. The molecule has 0 amide bonds. The number of alkyl halides is 3. The maximum Gasteiger partial charge on any atom is 0.402 e. The normalized spacial score (nSPS) is 22.6. The molecule has 0 bridgehead atoms. The second kappa shape index (κ2) is 5.96. The van der Waals surface area contributed by atoms with Gasteiger partial charge in [-0.15, -0.1) is 0 Å². The summed E-state index contributed by atoms with van der Waals surface area (Å²) in [4.78, 5) is 0. The first-order valence-electron chi connectivity index (χ1n) is 4.91. The van der Waals surface area contributed by atoms with Gasteiger partial charge >= 0.3 is 6.18 Å². The Bertz CT molecular complexity index is 327. The predicted octanol–water partition coefficient (Wildman–Crippen LogP) is -1.04. The minimum Gasteiger partial charge on any atom is -0.378 e. The SMILES string of the molecule is O=S(=O)(NCC1COCCN1)NCC(F)(F)F. The smallest absolute Gasteiger partial charge is 0.378 e. The highest BCUT2D eigenvalue weighted by atomic mass is 32.2. The number of hydrogen-bond acceptors (Lipinski definition) is 4. The lowest BCUT2D eigenvalue weighted by molar-refractivity contribution is -0.121. The summed E-state index contributed by atoms with van der Waals surface area (Å²) in [6.07, 6.45) is -4.57. The van der Waals surface area contributed by atoms with Crippen LogP contribution < -0.4 is 14.8 Å². The van der Waals surface area contributed by atoms with E-state index < -0.39 is 22.9 Å². The maximum absolute atomic E-state index is 11.8. The molecule has 17 heavy (non-hydrogen) atoms. The Balaban J connectivity index is 2.28. The summed E-state index contributed by atoms with van der Waals surface area (Å²) in [7, 11) is -4.13. The number of nitrogens with one attached hydrogen (secondary N) is 3. The number of hydrogen-bond donors (Lipinski definition) is 3. The third-order valence-corrected chi connectivity index (χ3v) is 3.05. The molecular formula is C7H14F3N3O3S. The van der Waals surface area contributed by atoms with Crippen molar-refractivity contribution in [3.05, 3.63) is 0 Å². The molecule has 1 heterocycles. The van der Waals surface area contributed by atoms with Crippen molar-refractivity contribution in [1.29, 1.82) is 0 Å². The van der Waals surface area contributed by atoms with Crippen molar-refractivity contribution < 1.29 is 26.3 Å². The third-order valence-electron chi connectivity index (χ3n) is 1.98. The Morgan fingerprint density at radius 3 is 2.59 bits per heavy atom. The molecule has 1 rings (SSSR count). The first-order chi connectivity index (χ1) is 7.79. The summed E-state index contributed by atoms with van der Waals surface area (Å²) in [6, 6.07) is -0.230. The van der Waals surface area contributed by atoms with Crippen molar-refractivity contribution in [3.63, 3.8) is 0 Å². The molecule has 1 aliphatic rings. The number of halogens is 3. The maximum atomic E-state index is 11.8. The van der Waals surface area contributed by atoms with Crippen LogP contribution >= 0.6 is 0 Å². The van der Waals surface area contributed by atoms with Gasteiger partial charge in [-0.05, 0) is 0 Å². The van der Waals surface area contributed by atoms with E-state index in [-0.39, 0.29) is 12.6 Å². The van der Waals surface area contributed by atoms with Crippen LogP contribution in [0.25, 0.3) is 0 Å². The Labute approximate surface area is 97.1 Å². The number of ether oxygens (including phenoxy) is 1. The average molecular weight is 277 g/mol. The van der Waals surface area contributed by atoms with Gasteiger partial charge in [-0.1, -0.05) is 0 Å². The van der Waals surface area contributed by atoms with E-state index >= 15 is 0 Å². The molecule has 1 saturated heterocycles. The number of morpholine rings is 1. The molecule has 1 aliphatic heterocycles. The lowest BCUT2D eigenvalue weighted by Crippen LogP contribution is -2.51. The van der Waals surface area contributed by atoms with Crippen LogP contribution in [0.15, 0.2) is 0 Å². The summed E-state index contributed by atoms with van der Waals surface area (Å²) in [5, 5.41) is 2.96. The minimum atomic E-state index is -4.57. The molecule has 1 fully saturated rings. The molecule has 0 radical (unpaired) electrons. The van der Waals surface area contributed by atoms with Crippen molar-refractivity contribution >= 4 is 10.2 Å². The van der Waals surface area contributed by atoms with Gasteiger partial charge < -0.3 is 10.1 Å². The molecule has 0 aromatic heterocycles. The van der Waals surface area contributed by atoms with Gasteiger partial charge in [-0.2, -0.15) is 26.3 Å².